The number of aromatic nitrogens is 2. The van der Waals surface area contributed by atoms with Gasteiger partial charge in [0.25, 0.3) is 0 Å². The molecule has 0 spiro atoms. The van der Waals surface area contributed by atoms with Crippen molar-refractivity contribution in [3.63, 3.8) is 0 Å². The first-order valence-electron chi connectivity index (χ1n) is 8.37. The van der Waals surface area contributed by atoms with Crippen molar-refractivity contribution in [3.8, 4) is 0 Å². The Morgan fingerprint density at radius 3 is 1.46 bits per heavy atom. The van der Waals surface area contributed by atoms with E-state index in [1.807, 2.05) is 0 Å². The molecule has 0 atom stereocenters. The molecule has 0 aliphatic carbocycles. The lowest BCUT2D eigenvalue weighted by molar-refractivity contribution is 1.14. The molecule has 0 aromatic carbocycles. The van der Waals surface area contributed by atoms with E-state index in [4.69, 9.17) is 0 Å². The van der Waals surface area contributed by atoms with Crippen molar-refractivity contribution in [2.45, 2.75) is 27.7 Å². The van der Waals surface area contributed by atoms with Crippen molar-refractivity contribution in [3.05, 3.63) is 82.4 Å². The van der Waals surface area contributed by atoms with Gasteiger partial charge in [0.1, 0.15) is 0 Å². The highest BCUT2D eigenvalue weighted by molar-refractivity contribution is 5.75. The first-order chi connectivity index (χ1) is 11.5. The summed E-state index contributed by atoms with van der Waals surface area (Å²) >= 11 is 0. The summed E-state index contributed by atoms with van der Waals surface area (Å²) in [5.41, 5.74) is 10.2. The van der Waals surface area contributed by atoms with Gasteiger partial charge in [0, 0.05) is 34.8 Å². The monoisotopic (exact) mass is 314 g/mol. The lowest BCUT2D eigenvalue weighted by Gasteiger charge is -2.03. The second kappa shape index (κ2) is 5.41. The van der Waals surface area contributed by atoms with Crippen LogP contribution >= 0.6 is 0 Å². The minimum absolute atomic E-state index is 1.24. The van der Waals surface area contributed by atoms with Gasteiger partial charge in [-0.3, -0.25) is 0 Å². The predicted molar refractivity (Wildman–Crippen MR) is 103 cm³/mol. The largest absolute Gasteiger partial charge is 0.317 e. The third kappa shape index (κ3) is 2.35. The molecule has 4 heterocycles. The van der Waals surface area contributed by atoms with Crippen LogP contribution in [0.5, 0.6) is 0 Å². The van der Waals surface area contributed by atoms with Crippen LogP contribution in [-0.2, 0) is 0 Å². The van der Waals surface area contributed by atoms with E-state index < -0.39 is 0 Å². The first kappa shape index (κ1) is 14.8. The minimum Gasteiger partial charge on any atom is -0.317 e. The Kier molecular flexibility index (Phi) is 3.34. The predicted octanol–water partition coefficient (Wildman–Crippen LogP) is 5.60. The Labute approximate surface area is 142 Å². The summed E-state index contributed by atoms with van der Waals surface area (Å²) < 4.78 is 4.52. The van der Waals surface area contributed by atoms with E-state index in [1.54, 1.807) is 0 Å². The minimum atomic E-state index is 1.24. The zero-order chi connectivity index (χ0) is 16.8. The van der Waals surface area contributed by atoms with Gasteiger partial charge in [-0.1, -0.05) is 0 Å². The van der Waals surface area contributed by atoms with E-state index in [2.05, 4.69) is 97.4 Å². The second-order valence-corrected chi connectivity index (χ2v) is 6.76. The molecule has 2 heteroatoms. The van der Waals surface area contributed by atoms with Gasteiger partial charge in [-0.05, 0) is 98.5 Å². The van der Waals surface area contributed by atoms with Crippen LogP contribution in [0.25, 0.3) is 23.2 Å². The normalized spacial score (nSPS) is 12.0. The van der Waals surface area contributed by atoms with Gasteiger partial charge in [-0.15, -0.1) is 0 Å². The molecule has 0 aliphatic rings. The summed E-state index contributed by atoms with van der Waals surface area (Å²) in [6.07, 6.45) is 8.77. The van der Waals surface area contributed by atoms with Crippen molar-refractivity contribution in [1.82, 2.24) is 8.80 Å². The van der Waals surface area contributed by atoms with E-state index in [1.165, 1.54) is 44.7 Å². The summed E-state index contributed by atoms with van der Waals surface area (Å²) in [6, 6.07) is 13.3. The summed E-state index contributed by atoms with van der Waals surface area (Å²) in [4.78, 5) is 0. The third-order valence-electron chi connectivity index (χ3n) is 4.74. The molecule has 0 radical (unpaired) electrons. The lowest BCUT2D eigenvalue weighted by atomic mass is 10.2. The van der Waals surface area contributed by atoms with Gasteiger partial charge in [0.05, 0.1) is 0 Å². The molecule has 4 aromatic rings. The molecule has 0 unspecified atom stereocenters. The SMILES string of the molecule is Cc1ccn2c(/C=C/c3c(C)cc4cc(C)ccn34)c(C)cc2c1. The zero-order valence-electron chi connectivity index (χ0n) is 14.7. The fraction of sp³-hybridized carbons (Fsp3) is 0.182. The van der Waals surface area contributed by atoms with Crippen LogP contribution in [0.2, 0.25) is 0 Å². The Balaban J connectivity index is 1.84. The molecule has 0 bridgehead atoms. The molecule has 0 fully saturated rings. The van der Waals surface area contributed by atoms with E-state index >= 15 is 0 Å². The summed E-state index contributed by atoms with van der Waals surface area (Å²) in [5.74, 6) is 0. The van der Waals surface area contributed by atoms with Crippen molar-refractivity contribution in [2.75, 3.05) is 0 Å². The number of aryl methyl sites for hydroxylation is 4. The van der Waals surface area contributed by atoms with E-state index in [0.29, 0.717) is 0 Å². The Morgan fingerprint density at radius 2 is 1.04 bits per heavy atom. The Hall–Kier alpha value is -2.74. The van der Waals surface area contributed by atoms with Crippen molar-refractivity contribution in [2.24, 2.45) is 0 Å². The number of fused-ring (bicyclic) bond motifs is 2. The van der Waals surface area contributed by atoms with Crippen LogP contribution < -0.4 is 0 Å². The first-order valence-corrected chi connectivity index (χ1v) is 8.37. The van der Waals surface area contributed by atoms with Crippen LogP contribution in [0, 0.1) is 27.7 Å². The van der Waals surface area contributed by atoms with Crippen LogP contribution in [0.4, 0.5) is 0 Å². The molecule has 120 valence electrons. The average Bonchev–Trinajstić information content (AvgIpc) is 3.00. The highest BCUT2D eigenvalue weighted by atomic mass is 14.9. The molecule has 4 rings (SSSR count). The van der Waals surface area contributed by atoms with Gasteiger partial charge < -0.3 is 8.80 Å². The number of hydrogen-bond donors (Lipinski definition) is 0. The molecule has 0 N–H and O–H groups in total. The summed E-state index contributed by atoms with van der Waals surface area (Å²) in [5, 5.41) is 0. The Bertz CT molecular complexity index is 1000. The van der Waals surface area contributed by atoms with Gasteiger partial charge in [0.15, 0.2) is 0 Å². The topological polar surface area (TPSA) is 8.82 Å². The molecular weight excluding hydrogens is 292 g/mol. The van der Waals surface area contributed by atoms with Crippen LogP contribution in [0.15, 0.2) is 48.8 Å². The number of pyridine rings is 2. The van der Waals surface area contributed by atoms with Crippen LogP contribution in [0.3, 0.4) is 0 Å². The molecule has 4 aromatic heterocycles. The van der Waals surface area contributed by atoms with Gasteiger partial charge in [-0.2, -0.15) is 0 Å². The maximum atomic E-state index is 2.26. The van der Waals surface area contributed by atoms with Crippen molar-refractivity contribution in [1.29, 1.82) is 0 Å². The van der Waals surface area contributed by atoms with Gasteiger partial charge >= 0.3 is 0 Å². The van der Waals surface area contributed by atoms with Gasteiger partial charge in [0.2, 0.25) is 0 Å². The fourth-order valence-electron chi connectivity index (χ4n) is 3.47. The fourth-order valence-corrected chi connectivity index (χ4v) is 3.47. The maximum Gasteiger partial charge on any atom is 0.0486 e. The maximum absolute atomic E-state index is 2.26. The quantitative estimate of drug-likeness (QED) is 0.455. The molecule has 2 nitrogen and oxygen atoms in total. The summed E-state index contributed by atoms with van der Waals surface area (Å²) in [7, 11) is 0. The number of nitrogens with zero attached hydrogens (tertiary/aromatic N) is 2. The lowest BCUT2D eigenvalue weighted by Crippen LogP contribution is -1.90. The Morgan fingerprint density at radius 1 is 0.625 bits per heavy atom. The van der Waals surface area contributed by atoms with E-state index in [-0.39, 0.29) is 0 Å². The van der Waals surface area contributed by atoms with Gasteiger partial charge in [-0.25, -0.2) is 0 Å². The van der Waals surface area contributed by atoms with Crippen molar-refractivity contribution < 1.29 is 0 Å². The standard InChI is InChI=1S/C22H22N2/c1-15-7-9-23-19(11-15)13-17(3)21(23)5-6-22-18(4)14-20-12-16(2)8-10-24(20)22/h5-14H,1-4H3/b6-5+. The molecule has 0 amide bonds. The smallest absolute Gasteiger partial charge is 0.0486 e. The number of rotatable bonds is 2. The van der Waals surface area contributed by atoms with E-state index in [9.17, 15) is 0 Å². The van der Waals surface area contributed by atoms with Crippen LogP contribution in [0.1, 0.15) is 33.6 Å². The second-order valence-electron chi connectivity index (χ2n) is 6.76. The molecular formula is C22H22N2. The summed E-state index contributed by atoms with van der Waals surface area (Å²) in [6.45, 7) is 8.62. The zero-order valence-corrected chi connectivity index (χ0v) is 14.7. The highest BCUT2D eigenvalue weighted by Crippen LogP contribution is 2.22. The number of hydrogen-bond acceptors (Lipinski definition) is 0. The average molecular weight is 314 g/mol. The molecule has 0 saturated carbocycles. The van der Waals surface area contributed by atoms with Crippen molar-refractivity contribution >= 4 is 23.2 Å². The molecule has 24 heavy (non-hydrogen) atoms. The van der Waals surface area contributed by atoms with E-state index in [0.717, 1.165) is 0 Å². The third-order valence-corrected chi connectivity index (χ3v) is 4.74. The molecule has 0 aliphatic heterocycles. The molecule has 0 saturated heterocycles. The highest BCUT2D eigenvalue weighted by Gasteiger charge is 2.07. The van der Waals surface area contributed by atoms with Crippen LogP contribution in [-0.4, -0.2) is 8.80 Å².